The summed E-state index contributed by atoms with van der Waals surface area (Å²) >= 11 is 0. The van der Waals surface area contributed by atoms with Gasteiger partial charge in [-0.2, -0.15) is 0 Å². The second-order valence-electron chi connectivity index (χ2n) is 11.7. The van der Waals surface area contributed by atoms with Gasteiger partial charge in [0.2, 0.25) is 11.8 Å². The quantitative estimate of drug-likeness (QED) is 0.287. The van der Waals surface area contributed by atoms with Crippen molar-refractivity contribution in [3.05, 3.63) is 42.2 Å². The van der Waals surface area contributed by atoms with Gasteiger partial charge in [-0.15, -0.1) is 10.2 Å². The number of nitrogens with zero attached hydrogens (tertiary/aromatic N) is 5. The van der Waals surface area contributed by atoms with Crippen molar-refractivity contribution >= 4 is 17.5 Å². The highest BCUT2D eigenvalue weighted by Crippen LogP contribution is 2.30. The second-order valence-corrected chi connectivity index (χ2v) is 11.7. The number of aromatic nitrogens is 5. The van der Waals surface area contributed by atoms with E-state index in [0.29, 0.717) is 30.2 Å². The highest BCUT2D eigenvalue weighted by Gasteiger charge is 2.32. The molecule has 2 amide bonds. The molecule has 10 heteroatoms. The minimum atomic E-state index is -0.835. The van der Waals surface area contributed by atoms with Crippen LogP contribution < -0.4 is 10.6 Å². The van der Waals surface area contributed by atoms with Crippen molar-refractivity contribution in [2.24, 2.45) is 17.8 Å². The lowest BCUT2D eigenvalue weighted by Crippen LogP contribution is -2.47. The first-order valence-electron chi connectivity index (χ1n) is 15.1. The molecule has 1 aliphatic rings. The molecule has 3 atom stereocenters. The van der Waals surface area contributed by atoms with E-state index in [2.05, 4.69) is 32.7 Å². The minimum Gasteiger partial charge on any atom is -0.391 e. The molecule has 0 saturated heterocycles. The fourth-order valence-corrected chi connectivity index (χ4v) is 5.97. The van der Waals surface area contributed by atoms with Gasteiger partial charge in [0, 0.05) is 37.1 Å². The van der Waals surface area contributed by atoms with Gasteiger partial charge >= 0.3 is 0 Å². The summed E-state index contributed by atoms with van der Waals surface area (Å²) in [5.74, 6) is 0.377. The number of nitrogens with one attached hydrogen (secondary N) is 2. The number of hydrogen-bond acceptors (Lipinski definition) is 7. The predicted octanol–water partition coefficient (Wildman–Crippen LogP) is 3.91. The molecule has 3 N–H and O–H groups in total. The topological polar surface area (TPSA) is 134 Å². The first kappa shape index (κ1) is 30.6. The maximum Gasteiger partial charge on any atom is 0.227 e. The Kier molecular flexibility index (Phi) is 10.8. The number of pyridine rings is 1. The van der Waals surface area contributed by atoms with Gasteiger partial charge in [-0.1, -0.05) is 59.3 Å². The largest absolute Gasteiger partial charge is 0.391 e. The Labute approximate surface area is 242 Å². The second kappa shape index (κ2) is 14.5. The third kappa shape index (κ3) is 7.87. The van der Waals surface area contributed by atoms with E-state index in [-0.39, 0.29) is 30.1 Å². The SMILES string of the molecule is CCCc1nc(-c2cccnc2)cn2c(CC(=O)N[C@@H](CC3CCCCC3)[C@@H](O)C[C@H](C(=O)NC)C(C)C)nnc12. The Morgan fingerprint density at radius 3 is 2.61 bits per heavy atom. The van der Waals surface area contributed by atoms with Gasteiger partial charge in [-0.25, -0.2) is 4.98 Å². The van der Waals surface area contributed by atoms with Gasteiger partial charge < -0.3 is 15.7 Å². The van der Waals surface area contributed by atoms with E-state index < -0.39 is 12.1 Å². The van der Waals surface area contributed by atoms with Crippen molar-refractivity contribution in [3.63, 3.8) is 0 Å². The van der Waals surface area contributed by atoms with E-state index in [0.717, 1.165) is 42.6 Å². The number of fused-ring (bicyclic) bond motifs is 1. The van der Waals surface area contributed by atoms with Crippen molar-refractivity contribution in [2.75, 3.05) is 7.05 Å². The molecule has 3 aromatic heterocycles. The smallest absolute Gasteiger partial charge is 0.227 e. The number of carbonyl (C=O) groups excluding carboxylic acids is 2. The molecule has 222 valence electrons. The zero-order valence-electron chi connectivity index (χ0n) is 24.8. The molecule has 0 radical (unpaired) electrons. The summed E-state index contributed by atoms with van der Waals surface area (Å²) < 4.78 is 1.85. The first-order chi connectivity index (χ1) is 19.8. The van der Waals surface area contributed by atoms with Gasteiger partial charge in [-0.3, -0.25) is 19.0 Å². The Balaban J connectivity index is 1.56. The minimum absolute atomic E-state index is 0.0141. The zero-order chi connectivity index (χ0) is 29.4. The number of aliphatic hydroxyl groups excluding tert-OH is 1. The Hall–Kier alpha value is -3.40. The summed E-state index contributed by atoms with van der Waals surface area (Å²) in [5.41, 5.74) is 3.09. The van der Waals surface area contributed by atoms with E-state index in [1.165, 1.54) is 19.3 Å². The molecule has 0 unspecified atom stereocenters. The van der Waals surface area contributed by atoms with Crippen LogP contribution in [0.1, 0.15) is 83.7 Å². The van der Waals surface area contributed by atoms with Crippen LogP contribution in [0.25, 0.3) is 16.9 Å². The molecular formula is C31H45N7O3. The number of aryl methyl sites for hydroxylation is 1. The summed E-state index contributed by atoms with van der Waals surface area (Å²) in [6, 6.07) is 3.38. The third-order valence-corrected chi connectivity index (χ3v) is 8.30. The van der Waals surface area contributed by atoms with Crippen LogP contribution in [0.5, 0.6) is 0 Å². The molecule has 0 aromatic carbocycles. The van der Waals surface area contributed by atoms with Gasteiger partial charge in [-0.05, 0) is 43.2 Å². The molecule has 0 spiro atoms. The normalized spacial score (nSPS) is 16.4. The summed E-state index contributed by atoms with van der Waals surface area (Å²) in [5, 5.41) is 26.0. The molecule has 4 rings (SSSR count). The summed E-state index contributed by atoms with van der Waals surface area (Å²) in [6.45, 7) is 6.06. The van der Waals surface area contributed by atoms with E-state index in [1.807, 2.05) is 36.6 Å². The monoisotopic (exact) mass is 563 g/mol. The van der Waals surface area contributed by atoms with E-state index in [1.54, 1.807) is 19.4 Å². The average Bonchev–Trinajstić information content (AvgIpc) is 3.38. The van der Waals surface area contributed by atoms with Crippen LogP contribution in [0.3, 0.4) is 0 Å². The Morgan fingerprint density at radius 2 is 1.95 bits per heavy atom. The van der Waals surface area contributed by atoms with Crippen LogP contribution in [0.2, 0.25) is 0 Å². The average molecular weight is 564 g/mol. The summed E-state index contributed by atoms with van der Waals surface area (Å²) in [7, 11) is 1.62. The lowest BCUT2D eigenvalue weighted by Gasteiger charge is -2.32. The van der Waals surface area contributed by atoms with Crippen LogP contribution in [0.4, 0.5) is 0 Å². The lowest BCUT2D eigenvalue weighted by atomic mass is 9.81. The molecular weight excluding hydrogens is 518 g/mol. The van der Waals surface area contributed by atoms with Crippen molar-refractivity contribution < 1.29 is 14.7 Å². The number of aliphatic hydroxyl groups is 1. The van der Waals surface area contributed by atoms with Gasteiger partial charge in [0.25, 0.3) is 0 Å². The summed E-state index contributed by atoms with van der Waals surface area (Å²) in [6.07, 6.45) is 12.9. The van der Waals surface area contributed by atoms with E-state index in [9.17, 15) is 14.7 Å². The molecule has 10 nitrogen and oxygen atoms in total. The number of hydrogen-bond donors (Lipinski definition) is 3. The molecule has 1 fully saturated rings. The van der Waals surface area contributed by atoms with Crippen molar-refractivity contribution in [1.82, 2.24) is 35.2 Å². The Bertz CT molecular complexity index is 1290. The molecule has 0 bridgehead atoms. The number of rotatable bonds is 13. The van der Waals surface area contributed by atoms with Crippen LogP contribution >= 0.6 is 0 Å². The fourth-order valence-electron chi connectivity index (χ4n) is 5.97. The van der Waals surface area contributed by atoms with Crippen molar-refractivity contribution in [2.45, 2.75) is 97.1 Å². The van der Waals surface area contributed by atoms with Crippen LogP contribution in [0, 0.1) is 17.8 Å². The highest BCUT2D eigenvalue weighted by molar-refractivity contribution is 5.79. The van der Waals surface area contributed by atoms with Crippen molar-refractivity contribution in [3.8, 4) is 11.3 Å². The summed E-state index contributed by atoms with van der Waals surface area (Å²) in [4.78, 5) is 35.1. The maximum atomic E-state index is 13.5. The van der Waals surface area contributed by atoms with Crippen LogP contribution in [0.15, 0.2) is 30.7 Å². The maximum absolute atomic E-state index is 13.5. The third-order valence-electron chi connectivity index (χ3n) is 8.30. The lowest BCUT2D eigenvalue weighted by molar-refractivity contribution is -0.127. The van der Waals surface area contributed by atoms with Crippen molar-refractivity contribution in [1.29, 1.82) is 0 Å². The van der Waals surface area contributed by atoms with Crippen LogP contribution in [-0.2, 0) is 22.4 Å². The number of amides is 2. The fraction of sp³-hybridized carbons (Fsp3) is 0.613. The van der Waals surface area contributed by atoms with E-state index in [4.69, 9.17) is 4.98 Å². The van der Waals surface area contributed by atoms with Gasteiger partial charge in [0.05, 0.1) is 30.0 Å². The zero-order valence-corrected chi connectivity index (χ0v) is 24.8. The standard InChI is InChI=1S/C31H45N7O3/c1-5-10-24-30-37-36-28(38(30)19-26(34-24)22-13-9-14-33-18-22)17-29(40)35-25(15-21-11-7-6-8-12-21)27(39)16-23(20(2)3)31(41)32-4/h9,13-14,18-21,23,25,27,39H,5-8,10-12,15-17H2,1-4H3,(H,32,41)(H,35,40)/t23-,25-,27-/m0/s1. The molecule has 0 aliphatic heterocycles. The first-order valence-corrected chi connectivity index (χ1v) is 15.1. The molecule has 1 saturated carbocycles. The molecule has 3 aromatic rings. The van der Waals surface area contributed by atoms with Crippen LogP contribution in [-0.4, -0.2) is 60.7 Å². The van der Waals surface area contributed by atoms with Gasteiger partial charge in [0.1, 0.15) is 5.82 Å². The predicted molar refractivity (Wildman–Crippen MR) is 158 cm³/mol. The number of carbonyl (C=O) groups is 2. The highest BCUT2D eigenvalue weighted by atomic mass is 16.3. The molecule has 3 heterocycles. The van der Waals surface area contributed by atoms with E-state index >= 15 is 0 Å². The Morgan fingerprint density at radius 1 is 1.17 bits per heavy atom. The molecule has 41 heavy (non-hydrogen) atoms. The van der Waals surface area contributed by atoms with Gasteiger partial charge in [0.15, 0.2) is 5.65 Å². The molecule has 1 aliphatic carbocycles.